The van der Waals surface area contributed by atoms with Crippen LogP contribution in [0.15, 0.2) is 66.7 Å². The maximum absolute atomic E-state index is 13.0. The Labute approximate surface area is 184 Å². The second-order valence-electron chi connectivity index (χ2n) is 6.55. The van der Waals surface area contributed by atoms with Gasteiger partial charge in [-0.05, 0) is 30.3 Å². The number of carbonyl (C=O) groups excluding carboxylic acids is 1. The van der Waals surface area contributed by atoms with Crippen LogP contribution in [0.1, 0.15) is 10.6 Å². The van der Waals surface area contributed by atoms with Gasteiger partial charge in [-0.25, -0.2) is 9.97 Å². The fourth-order valence-corrected chi connectivity index (χ4v) is 3.31. The quantitative estimate of drug-likeness (QED) is 0.428. The lowest BCUT2D eigenvalue weighted by Gasteiger charge is -2.14. The molecule has 1 amide bonds. The van der Waals surface area contributed by atoms with Crippen molar-refractivity contribution < 1.29 is 14.3 Å². The van der Waals surface area contributed by atoms with Crippen LogP contribution in [0.3, 0.4) is 0 Å². The zero-order valence-corrected chi connectivity index (χ0v) is 17.6. The van der Waals surface area contributed by atoms with E-state index in [9.17, 15) is 4.79 Å². The monoisotopic (exact) mass is 434 g/mol. The molecule has 1 heterocycles. The molecule has 0 fully saturated rings. The van der Waals surface area contributed by atoms with Crippen molar-refractivity contribution in [2.45, 2.75) is 0 Å². The Morgan fingerprint density at radius 1 is 0.903 bits per heavy atom. The number of halogens is 1. The second-order valence-corrected chi connectivity index (χ2v) is 6.95. The molecule has 0 saturated heterocycles. The number of para-hydroxylation sites is 2. The Kier molecular flexibility index (Phi) is 5.86. The summed E-state index contributed by atoms with van der Waals surface area (Å²) in [6.07, 6.45) is 0. The van der Waals surface area contributed by atoms with Crippen molar-refractivity contribution in [1.29, 1.82) is 0 Å². The average molecular weight is 435 g/mol. The first kappa shape index (κ1) is 20.4. The Hall–Kier alpha value is -3.84. The van der Waals surface area contributed by atoms with Gasteiger partial charge in [-0.3, -0.25) is 4.79 Å². The molecule has 0 radical (unpaired) electrons. The van der Waals surface area contributed by atoms with E-state index in [1.54, 1.807) is 12.1 Å². The highest BCUT2D eigenvalue weighted by atomic mass is 35.5. The SMILES string of the molecule is COc1cc(OC)c(NC(=O)c2nc(Nc3ccccc3)c3ccccc3n2)cc1Cl. The summed E-state index contributed by atoms with van der Waals surface area (Å²) in [6, 6.07) is 20.2. The lowest BCUT2D eigenvalue weighted by atomic mass is 10.2. The molecular weight excluding hydrogens is 416 g/mol. The van der Waals surface area contributed by atoms with Gasteiger partial charge in [0.1, 0.15) is 17.3 Å². The van der Waals surface area contributed by atoms with Crippen molar-refractivity contribution in [2.75, 3.05) is 24.9 Å². The Morgan fingerprint density at radius 3 is 2.35 bits per heavy atom. The van der Waals surface area contributed by atoms with E-state index in [4.69, 9.17) is 21.1 Å². The van der Waals surface area contributed by atoms with E-state index in [0.29, 0.717) is 33.5 Å². The van der Waals surface area contributed by atoms with Crippen LogP contribution in [-0.4, -0.2) is 30.1 Å². The summed E-state index contributed by atoms with van der Waals surface area (Å²) in [5.41, 5.74) is 1.87. The third-order valence-corrected chi connectivity index (χ3v) is 4.86. The number of hydrogen-bond donors (Lipinski definition) is 2. The smallest absolute Gasteiger partial charge is 0.293 e. The molecule has 4 aromatic rings. The average Bonchev–Trinajstić information content (AvgIpc) is 2.80. The molecule has 0 aliphatic heterocycles. The summed E-state index contributed by atoms with van der Waals surface area (Å²) in [5.74, 6) is 0.875. The minimum atomic E-state index is -0.499. The van der Waals surface area contributed by atoms with E-state index in [-0.39, 0.29) is 5.82 Å². The zero-order chi connectivity index (χ0) is 21.8. The first-order valence-corrected chi connectivity index (χ1v) is 9.78. The van der Waals surface area contributed by atoms with E-state index >= 15 is 0 Å². The van der Waals surface area contributed by atoms with Crippen LogP contribution in [-0.2, 0) is 0 Å². The molecule has 0 saturated carbocycles. The molecule has 2 N–H and O–H groups in total. The lowest BCUT2D eigenvalue weighted by molar-refractivity contribution is 0.101. The van der Waals surface area contributed by atoms with Crippen LogP contribution in [0.25, 0.3) is 10.9 Å². The fourth-order valence-electron chi connectivity index (χ4n) is 3.07. The molecule has 0 unspecified atom stereocenters. The van der Waals surface area contributed by atoms with Crippen LogP contribution < -0.4 is 20.1 Å². The highest BCUT2D eigenvalue weighted by Crippen LogP contribution is 2.36. The van der Waals surface area contributed by atoms with Crippen molar-refractivity contribution in [2.24, 2.45) is 0 Å². The predicted octanol–water partition coefficient (Wildman–Crippen LogP) is 5.30. The molecule has 0 spiro atoms. The molecule has 0 aliphatic carbocycles. The predicted molar refractivity (Wildman–Crippen MR) is 122 cm³/mol. The molecule has 1 aromatic heterocycles. The van der Waals surface area contributed by atoms with Crippen molar-refractivity contribution >= 4 is 45.6 Å². The third-order valence-electron chi connectivity index (χ3n) is 4.56. The molecule has 8 heteroatoms. The summed E-state index contributed by atoms with van der Waals surface area (Å²) >= 11 is 6.21. The molecule has 0 atom stereocenters. The summed E-state index contributed by atoms with van der Waals surface area (Å²) < 4.78 is 10.5. The minimum Gasteiger partial charge on any atom is -0.495 e. The fraction of sp³-hybridized carbons (Fsp3) is 0.0870. The van der Waals surface area contributed by atoms with Crippen molar-refractivity contribution in [3.8, 4) is 11.5 Å². The van der Waals surface area contributed by atoms with Crippen LogP contribution in [0.4, 0.5) is 17.2 Å². The first-order chi connectivity index (χ1) is 15.1. The van der Waals surface area contributed by atoms with E-state index in [2.05, 4.69) is 20.6 Å². The molecule has 156 valence electrons. The number of aromatic nitrogens is 2. The maximum Gasteiger partial charge on any atom is 0.293 e. The normalized spacial score (nSPS) is 10.5. The highest BCUT2D eigenvalue weighted by molar-refractivity contribution is 6.32. The molecular formula is C23H19ClN4O3. The van der Waals surface area contributed by atoms with Crippen molar-refractivity contribution in [3.63, 3.8) is 0 Å². The van der Waals surface area contributed by atoms with Crippen LogP contribution >= 0.6 is 11.6 Å². The number of nitrogens with one attached hydrogen (secondary N) is 2. The lowest BCUT2D eigenvalue weighted by Crippen LogP contribution is -2.17. The van der Waals surface area contributed by atoms with Gasteiger partial charge >= 0.3 is 0 Å². The topological polar surface area (TPSA) is 85.4 Å². The number of amides is 1. The van der Waals surface area contributed by atoms with Crippen molar-refractivity contribution in [3.05, 3.63) is 77.6 Å². The van der Waals surface area contributed by atoms with Gasteiger partial charge in [0.05, 0.1) is 30.4 Å². The molecule has 7 nitrogen and oxygen atoms in total. The van der Waals surface area contributed by atoms with Crippen molar-refractivity contribution in [1.82, 2.24) is 9.97 Å². The number of carbonyl (C=O) groups is 1. The summed E-state index contributed by atoms with van der Waals surface area (Å²) in [7, 11) is 3.00. The van der Waals surface area contributed by atoms with Crippen LogP contribution in [0, 0.1) is 0 Å². The van der Waals surface area contributed by atoms with Crippen LogP contribution in [0.5, 0.6) is 11.5 Å². The minimum absolute atomic E-state index is 0.00567. The molecule has 0 aliphatic rings. The van der Waals surface area contributed by atoms with Gasteiger partial charge in [0.25, 0.3) is 5.91 Å². The van der Waals surface area contributed by atoms with Gasteiger partial charge in [0.2, 0.25) is 5.82 Å². The van der Waals surface area contributed by atoms with E-state index < -0.39 is 5.91 Å². The summed E-state index contributed by atoms with van der Waals surface area (Å²) in [5, 5.41) is 7.16. The number of ether oxygens (including phenoxy) is 2. The van der Waals surface area contributed by atoms with E-state index in [1.807, 2.05) is 54.6 Å². The number of nitrogens with zero attached hydrogens (tertiary/aromatic N) is 2. The highest BCUT2D eigenvalue weighted by Gasteiger charge is 2.18. The maximum atomic E-state index is 13.0. The van der Waals surface area contributed by atoms with E-state index in [1.165, 1.54) is 14.2 Å². The van der Waals surface area contributed by atoms with Gasteiger partial charge in [0, 0.05) is 17.1 Å². The summed E-state index contributed by atoms with van der Waals surface area (Å²) in [4.78, 5) is 21.9. The largest absolute Gasteiger partial charge is 0.495 e. The van der Waals surface area contributed by atoms with Gasteiger partial charge in [-0.15, -0.1) is 0 Å². The molecule has 31 heavy (non-hydrogen) atoms. The zero-order valence-electron chi connectivity index (χ0n) is 16.8. The van der Waals surface area contributed by atoms with E-state index in [0.717, 1.165) is 11.1 Å². The Bertz CT molecular complexity index is 1250. The second kappa shape index (κ2) is 8.89. The number of fused-ring (bicyclic) bond motifs is 1. The number of methoxy groups -OCH3 is 2. The standard InChI is InChI=1S/C23H19ClN4O3/c1-30-19-13-20(31-2)18(12-16(19)24)27-23(29)22-26-17-11-7-6-10-15(17)21(28-22)25-14-8-4-3-5-9-14/h3-13H,1-2H3,(H,27,29)(H,25,26,28). The Morgan fingerprint density at radius 2 is 1.61 bits per heavy atom. The molecule has 4 rings (SSSR count). The van der Waals surface area contributed by atoms with Gasteiger partial charge in [0.15, 0.2) is 0 Å². The molecule has 0 bridgehead atoms. The summed E-state index contributed by atoms with van der Waals surface area (Å²) in [6.45, 7) is 0. The number of anilines is 3. The first-order valence-electron chi connectivity index (χ1n) is 9.41. The number of benzene rings is 3. The molecule has 3 aromatic carbocycles. The number of hydrogen-bond acceptors (Lipinski definition) is 6. The van der Waals surface area contributed by atoms with Crippen LogP contribution in [0.2, 0.25) is 5.02 Å². The Balaban J connectivity index is 1.71. The van der Waals surface area contributed by atoms with Gasteiger partial charge in [-0.2, -0.15) is 0 Å². The third kappa shape index (κ3) is 4.36. The van der Waals surface area contributed by atoms with Gasteiger partial charge in [-0.1, -0.05) is 41.9 Å². The van der Waals surface area contributed by atoms with Gasteiger partial charge < -0.3 is 20.1 Å². The number of rotatable bonds is 6.